The van der Waals surface area contributed by atoms with Crippen molar-refractivity contribution in [1.29, 1.82) is 0 Å². The summed E-state index contributed by atoms with van der Waals surface area (Å²) < 4.78 is 0. The van der Waals surface area contributed by atoms with Gasteiger partial charge in [0, 0.05) is 11.9 Å². The van der Waals surface area contributed by atoms with Gasteiger partial charge in [-0.1, -0.05) is 13.8 Å². The van der Waals surface area contributed by atoms with Crippen LogP contribution in [0.2, 0.25) is 0 Å². The topological polar surface area (TPSA) is 12.9 Å². The standard InChI is InChI=1S/C13H19N/c1-4-11-6-9-14-10(3)12(11)13(5-2)7-8-13/h6,9H,4-5,7-8H2,1-3H3. The molecule has 0 saturated heterocycles. The predicted octanol–water partition coefficient (Wildman–Crippen LogP) is 3.39. The van der Waals surface area contributed by atoms with Crippen LogP contribution in [0.25, 0.3) is 0 Å². The van der Waals surface area contributed by atoms with E-state index in [0.29, 0.717) is 5.41 Å². The predicted molar refractivity (Wildman–Crippen MR) is 59.6 cm³/mol. The van der Waals surface area contributed by atoms with E-state index in [1.165, 1.54) is 30.5 Å². The summed E-state index contributed by atoms with van der Waals surface area (Å²) in [5, 5.41) is 0. The molecule has 1 aliphatic carbocycles. The summed E-state index contributed by atoms with van der Waals surface area (Å²) in [6.45, 7) is 6.70. The molecular formula is C13H19N. The Morgan fingerprint density at radius 3 is 2.57 bits per heavy atom. The van der Waals surface area contributed by atoms with Gasteiger partial charge in [0.15, 0.2) is 0 Å². The molecule has 2 rings (SSSR count). The molecule has 0 N–H and O–H groups in total. The van der Waals surface area contributed by atoms with Crippen molar-refractivity contribution in [2.45, 2.75) is 51.9 Å². The fourth-order valence-electron chi connectivity index (χ4n) is 2.57. The van der Waals surface area contributed by atoms with Crippen molar-refractivity contribution in [3.05, 3.63) is 29.1 Å². The van der Waals surface area contributed by atoms with Crippen molar-refractivity contribution < 1.29 is 0 Å². The van der Waals surface area contributed by atoms with Crippen LogP contribution in [0.1, 0.15) is 49.9 Å². The van der Waals surface area contributed by atoms with Crippen LogP contribution < -0.4 is 0 Å². The molecule has 0 aromatic carbocycles. The average molecular weight is 189 g/mol. The lowest BCUT2D eigenvalue weighted by molar-refractivity contribution is 0.645. The number of hydrogen-bond donors (Lipinski definition) is 0. The summed E-state index contributed by atoms with van der Waals surface area (Å²) in [5.74, 6) is 0. The first-order valence-electron chi connectivity index (χ1n) is 5.68. The van der Waals surface area contributed by atoms with Gasteiger partial charge in [-0.2, -0.15) is 0 Å². The maximum atomic E-state index is 4.44. The van der Waals surface area contributed by atoms with Gasteiger partial charge in [-0.3, -0.25) is 4.98 Å². The van der Waals surface area contributed by atoms with Gasteiger partial charge >= 0.3 is 0 Å². The highest BCUT2D eigenvalue weighted by Gasteiger charge is 2.44. The van der Waals surface area contributed by atoms with E-state index in [1.54, 1.807) is 5.56 Å². The van der Waals surface area contributed by atoms with Crippen LogP contribution >= 0.6 is 0 Å². The summed E-state index contributed by atoms with van der Waals surface area (Å²) in [6, 6.07) is 2.19. The SMILES string of the molecule is CCc1ccnc(C)c1C1(CC)CC1. The number of hydrogen-bond acceptors (Lipinski definition) is 1. The molecular weight excluding hydrogens is 170 g/mol. The van der Waals surface area contributed by atoms with Crippen LogP contribution in [-0.2, 0) is 11.8 Å². The van der Waals surface area contributed by atoms with Gasteiger partial charge in [0.25, 0.3) is 0 Å². The highest BCUT2D eigenvalue weighted by atomic mass is 14.7. The maximum Gasteiger partial charge on any atom is 0.0412 e. The Balaban J connectivity index is 2.50. The molecule has 1 aromatic rings. The molecule has 14 heavy (non-hydrogen) atoms. The molecule has 0 unspecified atom stereocenters. The number of aromatic nitrogens is 1. The summed E-state index contributed by atoms with van der Waals surface area (Å²) >= 11 is 0. The Bertz CT molecular complexity index is 337. The molecule has 0 atom stereocenters. The first-order chi connectivity index (χ1) is 6.73. The zero-order valence-electron chi connectivity index (χ0n) is 9.43. The van der Waals surface area contributed by atoms with Crippen molar-refractivity contribution in [1.82, 2.24) is 4.98 Å². The zero-order valence-corrected chi connectivity index (χ0v) is 9.43. The van der Waals surface area contributed by atoms with E-state index in [-0.39, 0.29) is 0 Å². The second-order valence-electron chi connectivity index (χ2n) is 4.42. The molecule has 1 aromatic heterocycles. The second kappa shape index (κ2) is 3.38. The molecule has 0 bridgehead atoms. The van der Waals surface area contributed by atoms with Gasteiger partial charge < -0.3 is 0 Å². The molecule has 1 fully saturated rings. The van der Waals surface area contributed by atoms with E-state index in [1.807, 2.05) is 6.20 Å². The third kappa shape index (κ3) is 1.35. The van der Waals surface area contributed by atoms with E-state index in [4.69, 9.17) is 0 Å². The molecule has 76 valence electrons. The van der Waals surface area contributed by atoms with Crippen LogP contribution in [0.15, 0.2) is 12.3 Å². The van der Waals surface area contributed by atoms with Crippen molar-refractivity contribution in [3.8, 4) is 0 Å². The van der Waals surface area contributed by atoms with E-state index in [0.717, 1.165) is 6.42 Å². The van der Waals surface area contributed by atoms with Gasteiger partial charge in [-0.25, -0.2) is 0 Å². The highest BCUT2D eigenvalue weighted by Crippen LogP contribution is 2.52. The Morgan fingerprint density at radius 1 is 1.36 bits per heavy atom. The van der Waals surface area contributed by atoms with E-state index >= 15 is 0 Å². The van der Waals surface area contributed by atoms with Crippen molar-refractivity contribution >= 4 is 0 Å². The molecule has 1 heterocycles. The average Bonchev–Trinajstić information content (AvgIpc) is 2.98. The van der Waals surface area contributed by atoms with E-state index < -0.39 is 0 Å². The molecule has 1 aliphatic rings. The minimum absolute atomic E-state index is 0.504. The normalized spacial score (nSPS) is 18.2. The van der Waals surface area contributed by atoms with Gasteiger partial charge in [-0.05, 0) is 55.2 Å². The van der Waals surface area contributed by atoms with Crippen molar-refractivity contribution in [2.24, 2.45) is 0 Å². The van der Waals surface area contributed by atoms with Crippen LogP contribution in [-0.4, -0.2) is 4.98 Å². The van der Waals surface area contributed by atoms with E-state index in [2.05, 4.69) is 31.8 Å². The molecule has 0 radical (unpaired) electrons. The number of aryl methyl sites for hydroxylation is 2. The fraction of sp³-hybridized carbons (Fsp3) is 0.615. The van der Waals surface area contributed by atoms with Gasteiger partial charge in [0.1, 0.15) is 0 Å². The first kappa shape index (κ1) is 9.70. The molecule has 0 spiro atoms. The lowest BCUT2D eigenvalue weighted by Crippen LogP contribution is -2.11. The highest BCUT2D eigenvalue weighted by molar-refractivity contribution is 5.40. The lowest BCUT2D eigenvalue weighted by atomic mass is 9.87. The number of pyridine rings is 1. The van der Waals surface area contributed by atoms with E-state index in [9.17, 15) is 0 Å². The molecule has 0 amide bonds. The Hall–Kier alpha value is -0.850. The summed E-state index contributed by atoms with van der Waals surface area (Å²) in [7, 11) is 0. The third-order valence-corrected chi connectivity index (χ3v) is 3.67. The zero-order chi connectivity index (χ0) is 10.2. The Kier molecular flexibility index (Phi) is 2.34. The third-order valence-electron chi connectivity index (χ3n) is 3.67. The Morgan fingerprint density at radius 2 is 2.07 bits per heavy atom. The van der Waals surface area contributed by atoms with Crippen molar-refractivity contribution in [3.63, 3.8) is 0 Å². The molecule has 1 saturated carbocycles. The second-order valence-corrected chi connectivity index (χ2v) is 4.42. The maximum absolute atomic E-state index is 4.44. The molecule has 1 nitrogen and oxygen atoms in total. The fourth-order valence-corrected chi connectivity index (χ4v) is 2.57. The van der Waals surface area contributed by atoms with Crippen LogP contribution in [0, 0.1) is 6.92 Å². The quantitative estimate of drug-likeness (QED) is 0.710. The minimum Gasteiger partial charge on any atom is -0.261 e. The summed E-state index contributed by atoms with van der Waals surface area (Å²) in [5.41, 5.74) is 4.83. The van der Waals surface area contributed by atoms with Crippen LogP contribution in [0.5, 0.6) is 0 Å². The van der Waals surface area contributed by atoms with Crippen LogP contribution in [0.4, 0.5) is 0 Å². The number of nitrogens with zero attached hydrogens (tertiary/aromatic N) is 1. The largest absolute Gasteiger partial charge is 0.261 e. The van der Waals surface area contributed by atoms with Gasteiger partial charge in [0.2, 0.25) is 0 Å². The summed E-state index contributed by atoms with van der Waals surface area (Å²) in [4.78, 5) is 4.44. The molecule has 1 heteroatoms. The molecule has 0 aliphatic heterocycles. The number of rotatable bonds is 3. The van der Waals surface area contributed by atoms with Crippen molar-refractivity contribution in [2.75, 3.05) is 0 Å². The lowest BCUT2D eigenvalue weighted by Gasteiger charge is -2.19. The monoisotopic (exact) mass is 189 g/mol. The Labute approximate surface area is 86.6 Å². The first-order valence-corrected chi connectivity index (χ1v) is 5.68. The van der Waals surface area contributed by atoms with Gasteiger partial charge in [-0.15, -0.1) is 0 Å². The summed E-state index contributed by atoms with van der Waals surface area (Å²) in [6.07, 6.45) is 7.09. The van der Waals surface area contributed by atoms with Crippen LogP contribution in [0.3, 0.4) is 0 Å². The minimum atomic E-state index is 0.504. The smallest absolute Gasteiger partial charge is 0.0412 e. The van der Waals surface area contributed by atoms with Gasteiger partial charge in [0.05, 0.1) is 0 Å².